The highest BCUT2D eigenvalue weighted by atomic mass is 15.1. The molecule has 0 amide bonds. The van der Waals surface area contributed by atoms with Gasteiger partial charge in [0.05, 0.1) is 0 Å². The van der Waals surface area contributed by atoms with Crippen molar-refractivity contribution in [2.75, 3.05) is 25.4 Å². The average molecular weight is 309 g/mol. The largest absolute Gasteiger partial charge is 0.399 e. The van der Waals surface area contributed by atoms with Gasteiger partial charge in [-0.05, 0) is 42.8 Å². The Kier molecular flexibility index (Phi) is 6.70. The van der Waals surface area contributed by atoms with Crippen LogP contribution in [0.5, 0.6) is 0 Å². The van der Waals surface area contributed by atoms with E-state index in [1.165, 1.54) is 16.7 Å². The summed E-state index contributed by atoms with van der Waals surface area (Å²) in [6, 6.07) is 16.9. The van der Waals surface area contributed by atoms with Gasteiger partial charge < -0.3 is 11.1 Å². The van der Waals surface area contributed by atoms with E-state index < -0.39 is 0 Å². The number of aryl methyl sites for hydroxylation is 1. The molecule has 122 valence electrons. The molecule has 3 N–H and O–H groups in total. The maximum Gasteiger partial charge on any atom is 0.0314 e. The Balaban J connectivity index is 1.93. The van der Waals surface area contributed by atoms with Gasteiger partial charge in [-0.1, -0.05) is 48.5 Å². The SMILES string of the molecule is C=CNCCN(CCc1ccc(N)cc1)Cc1ccc(C)cc1. The standard InChI is InChI=1S/C20H27N3/c1-3-22-13-15-23(16-19-6-4-17(2)5-7-19)14-12-18-8-10-20(21)11-9-18/h3-11,22H,1,12-16,21H2,2H3. The molecule has 3 nitrogen and oxygen atoms in total. The highest BCUT2D eigenvalue weighted by Gasteiger charge is 2.06. The van der Waals surface area contributed by atoms with Gasteiger partial charge in [-0.25, -0.2) is 0 Å². The van der Waals surface area contributed by atoms with Crippen molar-refractivity contribution < 1.29 is 0 Å². The average Bonchev–Trinajstić information content (AvgIpc) is 2.56. The molecular formula is C20H27N3. The van der Waals surface area contributed by atoms with E-state index in [0.717, 1.165) is 38.3 Å². The van der Waals surface area contributed by atoms with Gasteiger partial charge in [0.15, 0.2) is 0 Å². The molecule has 0 atom stereocenters. The molecule has 0 fully saturated rings. The van der Waals surface area contributed by atoms with Crippen molar-refractivity contribution in [3.63, 3.8) is 0 Å². The summed E-state index contributed by atoms with van der Waals surface area (Å²) >= 11 is 0. The van der Waals surface area contributed by atoms with Crippen LogP contribution in [0.25, 0.3) is 0 Å². The Labute approximate surface area is 139 Å². The number of nitrogens with zero attached hydrogens (tertiary/aromatic N) is 1. The summed E-state index contributed by atoms with van der Waals surface area (Å²) in [5, 5.41) is 3.18. The molecule has 0 aliphatic carbocycles. The number of anilines is 1. The van der Waals surface area contributed by atoms with Crippen molar-refractivity contribution in [2.24, 2.45) is 0 Å². The lowest BCUT2D eigenvalue weighted by molar-refractivity contribution is 0.272. The lowest BCUT2D eigenvalue weighted by Crippen LogP contribution is -2.31. The van der Waals surface area contributed by atoms with E-state index in [0.29, 0.717) is 0 Å². The number of nitrogen functional groups attached to an aromatic ring is 1. The number of hydrogen-bond acceptors (Lipinski definition) is 3. The summed E-state index contributed by atoms with van der Waals surface area (Å²) < 4.78 is 0. The topological polar surface area (TPSA) is 41.3 Å². The molecule has 2 rings (SSSR count). The molecule has 3 heteroatoms. The minimum Gasteiger partial charge on any atom is -0.399 e. The molecule has 2 aromatic carbocycles. The van der Waals surface area contributed by atoms with Gasteiger partial charge in [0.25, 0.3) is 0 Å². The van der Waals surface area contributed by atoms with Crippen molar-refractivity contribution in [1.82, 2.24) is 10.2 Å². The third-order valence-electron chi connectivity index (χ3n) is 3.94. The predicted molar refractivity (Wildman–Crippen MR) is 99.2 cm³/mol. The number of hydrogen-bond donors (Lipinski definition) is 2. The second-order valence-electron chi connectivity index (χ2n) is 5.91. The molecule has 0 saturated carbocycles. The molecule has 0 unspecified atom stereocenters. The van der Waals surface area contributed by atoms with E-state index >= 15 is 0 Å². The molecule has 0 heterocycles. The second kappa shape index (κ2) is 9.01. The molecule has 0 bridgehead atoms. The van der Waals surface area contributed by atoms with Gasteiger partial charge in [0.2, 0.25) is 0 Å². The number of nitrogens with two attached hydrogens (primary N) is 1. The van der Waals surface area contributed by atoms with Gasteiger partial charge in [0, 0.05) is 31.9 Å². The van der Waals surface area contributed by atoms with E-state index in [1.807, 2.05) is 12.1 Å². The Morgan fingerprint density at radius 2 is 1.65 bits per heavy atom. The molecular weight excluding hydrogens is 282 g/mol. The van der Waals surface area contributed by atoms with Crippen molar-refractivity contribution in [3.8, 4) is 0 Å². The lowest BCUT2D eigenvalue weighted by Gasteiger charge is -2.22. The van der Waals surface area contributed by atoms with Crippen molar-refractivity contribution in [2.45, 2.75) is 19.9 Å². The Morgan fingerprint density at radius 3 is 2.30 bits per heavy atom. The summed E-state index contributed by atoms with van der Waals surface area (Å²) in [4.78, 5) is 2.47. The molecule has 0 aliphatic rings. The quantitative estimate of drug-likeness (QED) is 0.551. The fourth-order valence-corrected chi connectivity index (χ4v) is 2.52. The monoisotopic (exact) mass is 309 g/mol. The van der Waals surface area contributed by atoms with Crippen LogP contribution in [0, 0.1) is 6.92 Å². The van der Waals surface area contributed by atoms with Crippen LogP contribution in [-0.2, 0) is 13.0 Å². The van der Waals surface area contributed by atoms with E-state index in [1.54, 1.807) is 6.20 Å². The number of rotatable bonds is 9. The minimum atomic E-state index is 0.820. The van der Waals surface area contributed by atoms with Gasteiger partial charge in [-0.15, -0.1) is 0 Å². The summed E-state index contributed by atoms with van der Waals surface area (Å²) in [6.45, 7) is 9.73. The predicted octanol–water partition coefficient (Wildman–Crippen LogP) is 3.36. The fourth-order valence-electron chi connectivity index (χ4n) is 2.52. The number of benzene rings is 2. The zero-order chi connectivity index (χ0) is 16.5. The van der Waals surface area contributed by atoms with Crippen LogP contribution in [0.3, 0.4) is 0 Å². The third kappa shape index (κ3) is 6.17. The Hall–Kier alpha value is -2.26. The maximum atomic E-state index is 5.75. The smallest absolute Gasteiger partial charge is 0.0314 e. The van der Waals surface area contributed by atoms with Crippen LogP contribution in [0.4, 0.5) is 5.69 Å². The normalized spacial score (nSPS) is 10.7. The van der Waals surface area contributed by atoms with Gasteiger partial charge in [-0.3, -0.25) is 4.90 Å². The van der Waals surface area contributed by atoms with Gasteiger partial charge in [0.1, 0.15) is 0 Å². The van der Waals surface area contributed by atoms with Crippen molar-refractivity contribution >= 4 is 5.69 Å². The maximum absolute atomic E-state index is 5.75. The van der Waals surface area contributed by atoms with Crippen LogP contribution < -0.4 is 11.1 Å². The van der Waals surface area contributed by atoms with E-state index in [-0.39, 0.29) is 0 Å². The first-order valence-corrected chi connectivity index (χ1v) is 8.14. The van der Waals surface area contributed by atoms with Gasteiger partial charge in [-0.2, -0.15) is 0 Å². The molecule has 0 aromatic heterocycles. The highest BCUT2D eigenvalue weighted by Crippen LogP contribution is 2.10. The molecule has 0 spiro atoms. The summed E-state index contributed by atoms with van der Waals surface area (Å²) in [5.41, 5.74) is 10.5. The van der Waals surface area contributed by atoms with Crippen molar-refractivity contribution in [1.29, 1.82) is 0 Å². The molecule has 0 saturated heterocycles. The van der Waals surface area contributed by atoms with Crippen LogP contribution in [-0.4, -0.2) is 24.5 Å². The Bertz CT molecular complexity index is 587. The summed E-state index contributed by atoms with van der Waals surface area (Å²) in [5.74, 6) is 0. The first-order chi connectivity index (χ1) is 11.2. The van der Waals surface area contributed by atoms with Gasteiger partial charge >= 0.3 is 0 Å². The Morgan fingerprint density at radius 1 is 1.00 bits per heavy atom. The van der Waals surface area contributed by atoms with Crippen LogP contribution in [0.1, 0.15) is 16.7 Å². The zero-order valence-electron chi connectivity index (χ0n) is 14.0. The molecule has 0 radical (unpaired) electrons. The summed E-state index contributed by atoms with van der Waals surface area (Å²) in [6.07, 6.45) is 2.78. The van der Waals surface area contributed by atoms with Crippen LogP contribution >= 0.6 is 0 Å². The first kappa shape index (κ1) is 17.1. The van der Waals surface area contributed by atoms with Crippen LogP contribution in [0.2, 0.25) is 0 Å². The second-order valence-corrected chi connectivity index (χ2v) is 5.91. The van der Waals surface area contributed by atoms with E-state index in [4.69, 9.17) is 5.73 Å². The minimum absolute atomic E-state index is 0.820. The van der Waals surface area contributed by atoms with E-state index in [2.05, 4.69) is 60.1 Å². The fraction of sp³-hybridized carbons (Fsp3) is 0.300. The number of nitrogens with one attached hydrogen (secondary N) is 1. The zero-order valence-corrected chi connectivity index (χ0v) is 14.0. The molecule has 23 heavy (non-hydrogen) atoms. The molecule has 0 aliphatic heterocycles. The van der Waals surface area contributed by atoms with Crippen LogP contribution in [0.15, 0.2) is 61.3 Å². The third-order valence-corrected chi connectivity index (χ3v) is 3.94. The highest BCUT2D eigenvalue weighted by molar-refractivity contribution is 5.39. The first-order valence-electron chi connectivity index (χ1n) is 8.14. The summed E-state index contributed by atoms with van der Waals surface area (Å²) in [7, 11) is 0. The lowest BCUT2D eigenvalue weighted by atomic mass is 10.1. The molecule has 2 aromatic rings. The van der Waals surface area contributed by atoms with E-state index in [9.17, 15) is 0 Å². The van der Waals surface area contributed by atoms with Crippen molar-refractivity contribution in [3.05, 3.63) is 78.0 Å².